The lowest BCUT2D eigenvalue weighted by Crippen LogP contribution is -2.35. The lowest BCUT2D eigenvalue weighted by atomic mass is 9.90. The molecule has 1 fully saturated rings. The van der Waals surface area contributed by atoms with E-state index < -0.39 is 18.7 Å². The average molecular weight is 317 g/mol. The van der Waals surface area contributed by atoms with E-state index in [0.29, 0.717) is 19.6 Å². The van der Waals surface area contributed by atoms with E-state index in [1.807, 2.05) is 6.92 Å². The van der Waals surface area contributed by atoms with E-state index in [2.05, 4.69) is 4.98 Å². The SMILES string of the molecule is CC1(CN)CCN(C(=O)c2ncccc2OCC(F)(F)F)C1. The summed E-state index contributed by atoms with van der Waals surface area (Å²) in [5.41, 5.74) is 5.42. The van der Waals surface area contributed by atoms with Gasteiger partial charge in [0, 0.05) is 19.3 Å². The molecule has 0 aromatic carbocycles. The lowest BCUT2D eigenvalue weighted by Gasteiger charge is -2.22. The normalized spacial score (nSPS) is 22.0. The number of nitrogens with zero attached hydrogens (tertiary/aromatic N) is 2. The highest BCUT2D eigenvalue weighted by Crippen LogP contribution is 2.30. The molecule has 1 unspecified atom stereocenters. The number of aromatic nitrogens is 1. The van der Waals surface area contributed by atoms with Crippen LogP contribution in [0.1, 0.15) is 23.8 Å². The number of amides is 1. The maximum Gasteiger partial charge on any atom is 0.422 e. The molecule has 1 aromatic rings. The number of hydrogen-bond donors (Lipinski definition) is 1. The number of carbonyl (C=O) groups is 1. The molecule has 122 valence electrons. The van der Waals surface area contributed by atoms with Crippen molar-refractivity contribution in [3.8, 4) is 5.75 Å². The van der Waals surface area contributed by atoms with Crippen molar-refractivity contribution < 1.29 is 22.7 Å². The quantitative estimate of drug-likeness (QED) is 0.920. The Bertz CT molecular complexity index is 550. The average Bonchev–Trinajstić information content (AvgIpc) is 2.87. The first-order valence-electron chi connectivity index (χ1n) is 6.88. The fourth-order valence-electron chi connectivity index (χ4n) is 2.34. The molecular weight excluding hydrogens is 299 g/mol. The summed E-state index contributed by atoms with van der Waals surface area (Å²) in [7, 11) is 0. The number of hydrogen-bond acceptors (Lipinski definition) is 4. The maximum atomic E-state index is 12.5. The van der Waals surface area contributed by atoms with Crippen molar-refractivity contribution in [2.24, 2.45) is 11.1 Å². The van der Waals surface area contributed by atoms with Gasteiger partial charge in [0.25, 0.3) is 5.91 Å². The van der Waals surface area contributed by atoms with E-state index in [1.54, 1.807) is 4.90 Å². The van der Waals surface area contributed by atoms with Gasteiger partial charge in [0.05, 0.1) is 0 Å². The summed E-state index contributed by atoms with van der Waals surface area (Å²) in [6.07, 6.45) is -2.37. The third-order valence-corrected chi connectivity index (χ3v) is 3.70. The van der Waals surface area contributed by atoms with Crippen LogP contribution < -0.4 is 10.5 Å². The third kappa shape index (κ3) is 3.88. The van der Waals surface area contributed by atoms with Gasteiger partial charge in [0.1, 0.15) is 0 Å². The molecule has 1 aliphatic heterocycles. The number of rotatable bonds is 4. The zero-order valence-corrected chi connectivity index (χ0v) is 12.2. The van der Waals surface area contributed by atoms with Gasteiger partial charge in [0.2, 0.25) is 0 Å². The fraction of sp³-hybridized carbons (Fsp3) is 0.571. The van der Waals surface area contributed by atoms with Gasteiger partial charge < -0.3 is 15.4 Å². The Balaban J connectivity index is 2.13. The van der Waals surface area contributed by atoms with Crippen molar-refractivity contribution in [2.45, 2.75) is 19.5 Å². The van der Waals surface area contributed by atoms with E-state index in [1.165, 1.54) is 18.3 Å². The van der Waals surface area contributed by atoms with Gasteiger partial charge in [-0.2, -0.15) is 13.2 Å². The lowest BCUT2D eigenvalue weighted by molar-refractivity contribution is -0.153. The molecule has 0 bridgehead atoms. The predicted molar refractivity (Wildman–Crippen MR) is 73.5 cm³/mol. The topological polar surface area (TPSA) is 68.5 Å². The molecular formula is C14H18F3N3O2. The van der Waals surface area contributed by atoms with Crippen LogP contribution in [0.15, 0.2) is 18.3 Å². The molecule has 0 radical (unpaired) electrons. The van der Waals surface area contributed by atoms with Crippen LogP contribution in [-0.2, 0) is 0 Å². The number of carbonyl (C=O) groups excluding carboxylic acids is 1. The van der Waals surface area contributed by atoms with Gasteiger partial charge in [-0.15, -0.1) is 0 Å². The first-order chi connectivity index (χ1) is 10.2. The monoisotopic (exact) mass is 317 g/mol. The van der Waals surface area contributed by atoms with E-state index in [4.69, 9.17) is 10.5 Å². The van der Waals surface area contributed by atoms with Gasteiger partial charge >= 0.3 is 6.18 Å². The van der Waals surface area contributed by atoms with Crippen LogP contribution in [0.2, 0.25) is 0 Å². The van der Waals surface area contributed by atoms with E-state index >= 15 is 0 Å². The summed E-state index contributed by atoms with van der Waals surface area (Å²) in [6, 6.07) is 2.74. The van der Waals surface area contributed by atoms with Crippen molar-refractivity contribution in [3.05, 3.63) is 24.0 Å². The summed E-state index contributed by atoms with van der Waals surface area (Å²) in [5.74, 6) is -0.596. The highest BCUT2D eigenvalue weighted by atomic mass is 19.4. The Morgan fingerprint density at radius 3 is 2.86 bits per heavy atom. The van der Waals surface area contributed by atoms with Crippen LogP contribution in [0, 0.1) is 5.41 Å². The fourth-order valence-corrected chi connectivity index (χ4v) is 2.34. The molecule has 0 saturated carbocycles. The minimum atomic E-state index is -4.47. The zero-order valence-electron chi connectivity index (χ0n) is 12.2. The van der Waals surface area contributed by atoms with Crippen molar-refractivity contribution in [3.63, 3.8) is 0 Å². The molecule has 0 spiro atoms. The molecule has 2 rings (SSSR count). The Labute approximate surface area is 126 Å². The Kier molecular flexibility index (Phi) is 4.60. The second-order valence-corrected chi connectivity index (χ2v) is 5.75. The Morgan fingerprint density at radius 2 is 2.27 bits per heavy atom. The van der Waals surface area contributed by atoms with Crippen molar-refractivity contribution in [2.75, 3.05) is 26.2 Å². The molecule has 1 saturated heterocycles. The highest BCUT2D eigenvalue weighted by molar-refractivity contribution is 5.95. The maximum absolute atomic E-state index is 12.5. The minimum absolute atomic E-state index is 0.104. The van der Waals surface area contributed by atoms with E-state index in [9.17, 15) is 18.0 Å². The van der Waals surface area contributed by atoms with Crippen molar-refractivity contribution >= 4 is 5.91 Å². The summed E-state index contributed by atoms with van der Waals surface area (Å²) in [6.45, 7) is 1.91. The number of alkyl halides is 3. The van der Waals surface area contributed by atoms with E-state index in [-0.39, 0.29) is 16.9 Å². The first-order valence-corrected chi connectivity index (χ1v) is 6.88. The van der Waals surface area contributed by atoms with Crippen LogP contribution in [0.3, 0.4) is 0 Å². The van der Waals surface area contributed by atoms with Gasteiger partial charge in [0.15, 0.2) is 18.1 Å². The van der Waals surface area contributed by atoms with Crippen molar-refractivity contribution in [1.82, 2.24) is 9.88 Å². The summed E-state index contributed by atoms with van der Waals surface area (Å²) in [4.78, 5) is 17.9. The standard InChI is InChI=1S/C14H18F3N3O2/c1-13(7-18)4-6-20(8-13)12(21)11-10(3-2-5-19-11)22-9-14(15,16)17/h2-3,5H,4,6-9,18H2,1H3. The molecule has 8 heteroatoms. The summed E-state index contributed by atoms with van der Waals surface area (Å²) < 4.78 is 41.5. The van der Waals surface area contributed by atoms with Crippen LogP contribution >= 0.6 is 0 Å². The minimum Gasteiger partial charge on any atom is -0.482 e. The van der Waals surface area contributed by atoms with Gasteiger partial charge in [-0.05, 0) is 30.5 Å². The number of pyridine rings is 1. The van der Waals surface area contributed by atoms with Crippen LogP contribution in [0.5, 0.6) is 5.75 Å². The zero-order chi connectivity index (χ0) is 16.4. The molecule has 2 N–H and O–H groups in total. The van der Waals surface area contributed by atoms with Crippen LogP contribution in [-0.4, -0.2) is 48.2 Å². The molecule has 1 aliphatic rings. The van der Waals surface area contributed by atoms with Crippen LogP contribution in [0.4, 0.5) is 13.2 Å². The van der Waals surface area contributed by atoms with Gasteiger partial charge in [-0.1, -0.05) is 6.92 Å². The molecule has 2 heterocycles. The van der Waals surface area contributed by atoms with Gasteiger partial charge in [-0.3, -0.25) is 4.79 Å². The number of ether oxygens (including phenoxy) is 1. The second-order valence-electron chi connectivity index (χ2n) is 5.75. The Hall–Kier alpha value is -1.83. The van der Waals surface area contributed by atoms with Gasteiger partial charge in [-0.25, -0.2) is 4.98 Å². The second kappa shape index (κ2) is 6.12. The Morgan fingerprint density at radius 1 is 1.55 bits per heavy atom. The smallest absolute Gasteiger partial charge is 0.422 e. The first kappa shape index (κ1) is 16.5. The molecule has 1 aromatic heterocycles. The molecule has 1 atom stereocenters. The number of likely N-dealkylation sites (tertiary alicyclic amines) is 1. The third-order valence-electron chi connectivity index (χ3n) is 3.70. The van der Waals surface area contributed by atoms with Crippen LogP contribution in [0.25, 0.3) is 0 Å². The highest BCUT2D eigenvalue weighted by Gasteiger charge is 2.36. The predicted octanol–water partition coefficient (Wildman–Crippen LogP) is 1.83. The molecule has 22 heavy (non-hydrogen) atoms. The van der Waals surface area contributed by atoms with E-state index in [0.717, 1.165) is 6.42 Å². The summed E-state index contributed by atoms with van der Waals surface area (Å²) in [5, 5.41) is 0. The molecule has 0 aliphatic carbocycles. The molecule has 5 nitrogen and oxygen atoms in total. The number of halogens is 3. The largest absolute Gasteiger partial charge is 0.482 e. The molecule has 1 amide bonds. The number of nitrogens with two attached hydrogens (primary N) is 1. The van der Waals surface area contributed by atoms with Crippen molar-refractivity contribution in [1.29, 1.82) is 0 Å². The summed E-state index contributed by atoms with van der Waals surface area (Å²) >= 11 is 0.